The Kier molecular flexibility index (Phi) is 5.33. The Morgan fingerprint density at radius 3 is 2.67 bits per heavy atom. The zero-order chi connectivity index (χ0) is 12.1. The maximum Gasteiger partial charge on any atom is 0.338 e. The summed E-state index contributed by atoms with van der Waals surface area (Å²) >= 11 is 0. The first kappa shape index (κ1) is 14.2. The molecule has 2 aromatic rings. The molecule has 0 amide bonds. The highest BCUT2D eigenvalue weighted by Gasteiger charge is 2.09. The smallest absolute Gasteiger partial charge is 0.338 e. The van der Waals surface area contributed by atoms with Gasteiger partial charge in [-0.2, -0.15) is 0 Å². The first-order valence-corrected chi connectivity index (χ1v) is 5.39. The van der Waals surface area contributed by atoms with Gasteiger partial charge in [-0.15, -0.1) is 12.4 Å². The van der Waals surface area contributed by atoms with Gasteiger partial charge in [0.25, 0.3) is 0 Å². The van der Waals surface area contributed by atoms with Crippen LogP contribution in [0.3, 0.4) is 0 Å². The summed E-state index contributed by atoms with van der Waals surface area (Å²) < 4.78 is 5.22. The molecule has 0 N–H and O–H groups in total. The SMILES string of the molecule is Cc1ccccc1C(=O)OCc1cccnc1.Cl. The number of halogens is 1. The van der Waals surface area contributed by atoms with Crippen LogP contribution in [0.5, 0.6) is 0 Å². The Morgan fingerprint density at radius 2 is 2.00 bits per heavy atom. The average molecular weight is 264 g/mol. The maximum absolute atomic E-state index is 11.8. The van der Waals surface area contributed by atoms with Crippen LogP contribution in [0.25, 0.3) is 0 Å². The van der Waals surface area contributed by atoms with Crippen LogP contribution in [0.2, 0.25) is 0 Å². The Bertz CT molecular complexity index is 514. The number of benzene rings is 1. The van der Waals surface area contributed by atoms with Crippen LogP contribution < -0.4 is 0 Å². The molecule has 0 aliphatic heterocycles. The van der Waals surface area contributed by atoms with E-state index >= 15 is 0 Å². The molecule has 0 unspecified atom stereocenters. The van der Waals surface area contributed by atoms with Crippen molar-refractivity contribution in [3.8, 4) is 0 Å². The second kappa shape index (κ2) is 6.77. The summed E-state index contributed by atoms with van der Waals surface area (Å²) in [7, 11) is 0. The van der Waals surface area contributed by atoms with Crippen molar-refractivity contribution in [1.82, 2.24) is 4.98 Å². The summed E-state index contributed by atoms with van der Waals surface area (Å²) in [6.45, 7) is 2.14. The van der Waals surface area contributed by atoms with Gasteiger partial charge in [0.1, 0.15) is 6.61 Å². The molecule has 0 saturated heterocycles. The molecule has 0 atom stereocenters. The molecule has 1 aromatic heterocycles. The highest BCUT2D eigenvalue weighted by atomic mass is 35.5. The largest absolute Gasteiger partial charge is 0.457 e. The molecule has 4 heteroatoms. The third-order valence-electron chi connectivity index (χ3n) is 2.46. The second-order valence-corrected chi connectivity index (χ2v) is 3.75. The Hall–Kier alpha value is -1.87. The molecule has 2 rings (SSSR count). The summed E-state index contributed by atoms with van der Waals surface area (Å²) in [5, 5.41) is 0. The molecular formula is C14H14ClNO2. The van der Waals surface area contributed by atoms with Gasteiger partial charge in [-0.25, -0.2) is 4.79 Å². The minimum Gasteiger partial charge on any atom is -0.457 e. The fourth-order valence-corrected chi connectivity index (χ4v) is 1.51. The first-order chi connectivity index (χ1) is 8.27. The van der Waals surface area contributed by atoms with E-state index < -0.39 is 0 Å². The van der Waals surface area contributed by atoms with Gasteiger partial charge in [-0.05, 0) is 24.6 Å². The number of esters is 1. The lowest BCUT2D eigenvalue weighted by molar-refractivity contribution is 0.0471. The van der Waals surface area contributed by atoms with Crippen LogP contribution >= 0.6 is 12.4 Å². The van der Waals surface area contributed by atoms with Crippen molar-refractivity contribution in [3.63, 3.8) is 0 Å². The van der Waals surface area contributed by atoms with Gasteiger partial charge in [-0.1, -0.05) is 24.3 Å². The lowest BCUT2D eigenvalue weighted by atomic mass is 10.1. The van der Waals surface area contributed by atoms with Crippen molar-refractivity contribution >= 4 is 18.4 Å². The zero-order valence-corrected chi connectivity index (χ0v) is 10.8. The van der Waals surface area contributed by atoms with Crippen molar-refractivity contribution in [3.05, 3.63) is 65.5 Å². The van der Waals surface area contributed by atoms with Gasteiger partial charge in [0, 0.05) is 18.0 Å². The molecule has 94 valence electrons. The van der Waals surface area contributed by atoms with E-state index in [9.17, 15) is 4.79 Å². The van der Waals surface area contributed by atoms with E-state index in [0.29, 0.717) is 5.56 Å². The van der Waals surface area contributed by atoms with Crippen LogP contribution in [-0.2, 0) is 11.3 Å². The molecule has 0 aliphatic rings. The number of rotatable bonds is 3. The van der Waals surface area contributed by atoms with Crippen molar-refractivity contribution in [2.75, 3.05) is 0 Å². The van der Waals surface area contributed by atoms with Gasteiger partial charge < -0.3 is 4.74 Å². The molecular weight excluding hydrogens is 250 g/mol. The minimum atomic E-state index is -0.299. The summed E-state index contributed by atoms with van der Waals surface area (Å²) in [5.41, 5.74) is 2.41. The number of nitrogens with zero attached hydrogens (tertiary/aromatic N) is 1. The van der Waals surface area contributed by atoms with Gasteiger partial charge >= 0.3 is 5.97 Å². The van der Waals surface area contributed by atoms with Gasteiger partial charge in [0.05, 0.1) is 5.56 Å². The summed E-state index contributed by atoms with van der Waals surface area (Å²) in [5.74, 6) is -0.299. The van der Waals surface area contributed by atoms with Crippen LogP contribution in [-0.4, -0.2) is 11.0 Å². The van der Waals surface area contributed by atoms with E-state index in [-0.39, 0.29) is 25.0 Å². The number of ether oxygens (including phenoxy) is 1. The molecule has 0 radical (unpaired) electrons. The lowest BCUT2D eigenvalue weighted by Crippen LogP contribution is -2.06. The minimum absolute atomic E-state index is 0. The van der Waals surface area contributed by atoms with E-state index in [1.54, 1.807) is 18.5 Å². The van der Waals surface area contributed by atoms with Crippen LogP contribution in [0.4, 0.5) is 0 Å². The Labute approximate surface area is 112 Å². The van der Waals surface area contributed by atoms with Crippen molar-refractivity contribution < 1.29 is 9.53 Å². The molecule has 3 nitrogen and oxygen atoms in total. The van der Waals surface area contributed by atoms with Crippen LogP contribution in [0.15, 0.2) is 48.8 Å². The topological polar surface area (TPSA) is 39.2 Å². The van der Waals surface area contributed by atoms with Crippen LogP contribution in [0, 0.1) is 6.92 Å². The molecule has 0 saturated carbocycles. The quantitative estimate of drug-likeness (QED) is 0.799. The number of carbonyl (C=O) groups excluding carboxylic acids is 1. The number of aryl methyl sites for hydroxylation is 1. The Balaban J connectivity index is 0.00000162. The predicted molar refractivity (Wildman–Crippen MR) is 71.8 cm³/mol. The van der Waals surface area contributed by atoms with E-state index in [1.165, 1.54) is 0 Å². The van der Waals surface area contributed by atoms with Gasteiger partial charge in [0.15, 0.2) is 0 Å². The first-order valence-electron chi connectivity index (χ1n) is 5.39. The lowest BCUT2D eigenvalue weighted by Gasteiger charge is -2.06. The third kappa shape index (κ3) is 3.57. The fraction of sp³-hybridized carbons (Fsp3) is 0.143. The third-order valence-corrected chi connectivity index (χ3v) is 2.46. The molecule has 1 heterocycles. The summed E-state index contributed by atoms with van der Waals surface area (Å²) in [6, 6.07) is 11.1. The molecule has 0 aliphatic carbocycles. The average Bonchev–Trinajstić information content (AvgIpc) is 2.38. The molecule has 18 heavy (non-hydrogen) atoms. The van der Waals surface area contributed by atoms with E-state index in [4.69, 9.17) is 4.74 Å². The van der Waals surface area contributed by atoms with E-state index in [0.717, 1.165) is 11.1 Å². The molecule has 0 fully saturated rings. The maximum atomic E-state index is 11.8. The fourth-order valence-electron chi connectivity index (χ4n) is 1.51. The summed E-state index contributed by atoms with van der Waals surface area (Å²) in [6.07, 6.45) is 3.37. The van der Waals surface area contributed by atoms with Gasteiger partial charge in [-0.3, -0.25) is 4.98 Å². The van der Waals surface area contributed by atoms with Crippen molar-refractivity contribution in [2.45, 2.75) is 13.5 Å². The monoisotopic (exact) mass is 263 g/mol. The predicted octanol–water partition coefficient (Wildman–Crippen LogP) is 3.17. The highest BCUT2D eigenvalue weighted by Crippen LogP contribution is 2.10. The molecule has 0 spiro atoms. The van der Waals surface area contributed by atoms with Crippen molar-refractivity contribution in [2.24, 2.45) is 0 Å². The van der Waals surface area contributed by atoms with Gasteiger partial charge in [0.2, 0.25) is 0 Å². The van der Waals surface area contributed by atoms with E-state index in [1.807, 2.05) is 37.3 Å². The number of aromatic nitrogens is 1. The number of hydrogen-bond donors (Lipinski definition) is 0. The second-order valence-electron chi connectivity index (χ2n) is 3.75. The van der Waals surface area contributed by atoms with E-state index in [2.05, 4.69) is 4.98 Å². The number of pyridine rings is 1. The molecule has 1 aromatic carbocycles. The molecule has 0 bridgehead atoms. The number of carbonyl (C=O) groups is 1. The van der Waals surface area contributed by atoms with Crippen LogP contribution in [0.1, 0.15) is 21.5 Å². The zero-order valence-electron chi connectivity index (χ0n) is 10.00. The van der Waals surface area contributed by atoms with Crippen molar-refractivity contribution in [1.29, 1.82) is 0 Å². The standard InChI is InChI=1S/C14H13NO2.ClH/c1-11-5-2-3-7-13(11)14(16)17-10-12-6-4-8-15-9-12;/h2-9H,10H2,1H3;1H. The normalized spacial score (nSPS) is 9.39. The summed E-state index contributed by atoms with van der Waals surface area (Å²) in [4.78, 5) is 15.8. The number of hydrogen-bond acceptors (Lipinski definition) is 3. The highest BCUT2D eigenvalue weighted by molar-refractivity contribution is 5.90. The Morgan fingerprint density at radius 1 is 1.22 bits per heavy atom.